The number of carbonyl (C=O) groups excluding carboxylic acids is 1. The van der Waals surface area contributed by atoms with E-state index in [-0.39, 0.29) is 17.7 Å². The van der Waals surface area contributed by atoms with Crippen molar-refractivity contribution in [3.05, 3.63) is 53.9 Å². The number of amides is 1. The third-order valence-electron chi connectivity index (χ3n) is 5.61. The van der Waals surface area contributed by atoms with Crippen LogP contribution in [0, 0.1) is 5.92 Å². The number of phenols is 1. The summed E-state index contributed by atoms with van der Waals surface area (Å²) in [5.41, 5.74) is 1.55. The largest absolute Gasteiger partial charge is 0.507 e. The Hall–Kier alpha value is -2.60. The second kappa shape index (κ2) is 7.56. The van der Waals surface area contributed by atoms with Gasteiger partial charge in [0.05, 0.1) is 12.7 Å². The minimum Gasteiger partial charge on any atom is -0.507 e. The van der Waals surface area contributed by atoms with Crippen molar-refractivity contribution in [1.29, 1.82) is 0 Å². The minimum atomic E-state index is -0.0897. The van der Waals surface area contributed by atoms with Crippen molar-refractivity contribution in [3.8, 4) is 11.5 Å². The summed E-state index contributed by atoms with van der Waals surface area (Å²) < 4.78 is 5.12. The Kier molecular flexibility index (Phi) is 4.99. The maximum Gasteiger partial charge on any atom is 0.257 e. The van der Waals surface area contributed by atoms with E-state index in [0.717, 1.165) is 39.0 Å². The summed E-state index contributed by atoms with van der Waals surface area (Å²) in [6.07, 6.45) is 5.85. The minimum absolute atomic E-state index is 0.0216. The van der Waals surface area contributed by atoms with Crippen LogP contribution in [0.1, 0.15) is 28.8 Å². The molecule has 2 aromatic rings. The fraction of sp³-hybridized carbons (Fsp3) is 0.429. The summed E-state index contributed by atoms with van der Waals surface area (Å²) in [4.78, 5) is 21.7. The fourth-order valence-electron chi connectivity index (χ4n) is 4.28. The molecule has 2 atom stereocenters. The molecule has 6 heteroatoms. The van der Waals surface area contributed by atoms with Gasteiger partial charge in [0.25, 0.3) is 5.91 Å². The molecule has 1 N–H and O–H groups in total. The van der Waals surface area contributed by atoms with Crippen LogP contribution in [0.15, 0.2) is 42.7 Å². The third-order valence-corrected chi connectivity index (χ3v) is 5.61. The van der Waals surface area contributed by atoms with E-state index >= 15 is 0 Å². The standard InChI is InChI=1S/C21H25N3O3/c1-27-18-6-7-19(20(25)9-18)21(26)24-13-16-4-5-17(24)14-23(12-16)11-15-3-2-8-22-10-15/h2-3,6-10,16-17,25H,4-5,11-14H2,1H3/t16-,17+/m0/s1. The first-order valence-corrected chi connectivity index (χ1v) is 9.43. The summed E-state index contributed by atoms with van der Waals surface area (Å²) in [5, 5.41) is 10.3. The van der Waals surface area contributed by atoms with Gasteiger partial charge in [-0.25, -0.2) is 0 Å². The van der Waals surface area contributed by atoms with Crippen molar-refractivity contribution < 1.29 is 14.6 Å². The van der Waals surface area contributed by atoms with Crippen LogP contribution in [-0.4, -0.2) is 58.6 Å². The Balaban J connectivity index is 1.51. The molecule has 1 amide bonds. The lowest BCUT2D eigenvalue weighted by atomic mass is 9.94. The number of hydrogen-bond donors (Lipinski definition) is 1. The quantitative estimate of drug-likeness (QED) is 0.900. The molecule has 3 saturated heterocycles. The van der Waals surface area contributed by atoms with Gasteiger partial charge < -0.3 is 14.7 Å². The predicted octanol–water partition coefficient (Wildman–Crippen LogP) is 2.53. The van der Waals surface area contributed by atoms with Gasteiger partial charge in [0, 0.05) is 50.7 Å². The number of carbonyl (C=O) groups is 1. The molecule has 0 saturated carbocycles. The zero-order valence-corrected chi connectivity index (χ0v) is 15.5. The predicted molar refractivity (Wildman–Crippen MR) is 102 cm³/mol. The van der Waals surface area contributed by atoms with Crippen molar-refractivity contribution in [3.63, 3.8) is 0 Å². The number of fused-ring (bicyclic) bond motifs is 4. The monoisotopic (exact) mass is 367 g/mol. The molecule has 5 rings (SSSR count). The number of phenolic OH excluding ortho intramolecular Hbond substituents is 1. The number of aromatic nitrogens is 1. The number of pyridine rings is 1. The molecule has 3 aliphatic heterocycles. The summed E-state index contributed by atoms with van der Waals surface area (Å²) >= 11 is 0. The van der Waals surface area contributed by atoms with Crippen molar-refractivity contribution in [1.82, 2.24) is 14.8 Å². The molecular formula is C21H25N3O3. The maximum absolute atomic E-state index is 13.1. The third kappa shape index (κ3) is 3.76. The van der Waals surface area contributed by atoms with Crippen molar-refractivity contribution in [2.75, 3.05) is 26.7 Å². The van der Waals surface area contributed by atoms with Crippen LogP contribution >= 0.6 is 0 Å². The number of hydrogen-bond acceptors (Lipinski definition) is 5. The average Bonchev–Trinajstić information content (AvgIpc) is 2.98. The lowest BCUT2D eigenvalue weighted by Gasteiger charge is -2.36. The van der Waals surface area contributed by atoms with Crippen LogP contribution in [0.25, 0.3) is 0 Å². The fourth-order valence-corrected chi connectivity index (χ4v) is 4.28. The first-order chi connectivity index (χ1) is 13.1. The first-order valence-electron chi connectivity index (χ1n) is 9.43. The topological polar surface area (TPSA) is 65.9 Å². The maximum atomic E-state index is 13.1. The Morgan fingerprint density at radius 3 is 2.89 bits per heavy atom. The average molecular weight is 367 g/mol. The number of benzene rings is 1. The summed E-state index contributed by atoms with van der Waals surface area (Å²) in [7, 11) is 1.54. The van der Waals surface area contributed by atoms with Crippen molar-refractivity contribution in [2.45, 2.75) is 25.4 Å². The van der Waals surface area contributed by atoms with Crippen molar-refractivity contribution >= 4 is 5.91 Å². The number of piperidine rings is 1. The lowest BCUT2D eigenvalue weighted by Crippen LogP contribution is -2.47. The molecule has 0 spiro atoms. The normalized spacial score (nSPS) is 22.5. The van der Waals surface area contributed by atoms with Gasteiger partial charge in [-0.05, 0) is 42.5 Å². The summed E-state index contributed by atoms with van der Waals surface area (Å²) in [6, 6.07) is 9.11. The molecule has 2 bridgehead atoms. The SMILES string of the molecule is COc1ccc(C(=O)N2C[C@H]3CC[C@@H]2CN(Cc2cccnc2)C3)c(O)c1. The van der Waals surface area contributed by atoms with Gasteiger partial charge in [0.15, 0.2) is 0 Å². The van der Waals surface area contributed by atoms with Crippen LogP contribution in [0.5, 0.6) is 11.5 Å². The van der Waals surface area contributed by atoms with Crippen LogP contribution in [0.2, 0.25) is 0 Å². The molecule has 4 heterocycles. The van der Waals surface area contributed by atoms with Crippen molar-refractivity contribution in [2.24, 2.45) is 5.92 Å². The van der Waals surface area contributed by atoms with E-state index in [9.17, 15) is 9.90 Å². The Morgan fingerprint density at radius 1 is 1.26 bits per heavy atom. The molecule has 142 valence electrons. The molecule has 0 unspecified atom stereocenters. The van der Waals surface area contributed by atoms with Crippen LogP contribution in [0.4, 0.5) is 0 Å². The van der Waals surface area contributed by atoms with E-state index in [1.165, 1.54) is 11.6 Å². The molecule has 6 nitrogen and oxygen atoms in total. The van der Waals surface area contributed by atoms with Gasteiger partial charge in [-0.15, -0.1) is 0 Å². The number of ether oxygens (including phenoxy) is 1. The highest BCUT2D eigenvalue weighted by molar-refractivity contribution is 5.97. The zero-order chi connectivity index (χ0) is 18.8. The molecule has 27 heavy (non-hydrogen) atoms. The second-order valence-electron chi connectivity index (χ2n) is 7.49. The van der Waals surface area contributed by atoms with Gasteiger partial charge in [-0.3, -0.25) is 14.7 Å². The highest BCUT2D eigenvalue weighted by Gasteiger charge is 2.38. The van der Waals surface area contributed by atoms with Gasteiger partial charge in [0.1, 0.15) is 11.5 Å². The first kappa shape index (κ1) is 17.8. The van der Waals surface area contributed by atoms with Gasteiger partial charge in [0.2, 0.25) is 0 Å². The molecule has 0 radical (unpaired) electrons. The second-order valence-corrected chi connectivity index (χ2v) is 7.49. The van der Waals surface area contributed by atoms with E-state index in [2.05, 4.69) is 16.0 Å². The Labute approximate surface area is 159 Å². The Morgan fingerprint density at radius 2 is 2.15 bits per heavy atom. The van der Waals surface area contributed by atoms with Crippen LogP contribution in [-0.2, 0) is 6.54 Å². The molecule has 1 aromatic carbocycles. The molecular weight excluding hydrogens is 342 g/mol. The van der Waals surface area contributed by atoms with Crippen LogP contribution in [0.3, 0.4) is 0 Å². The van der Waals surface area contributed by atoms with Gasteiger partial charge in [-0.1, -0.05) is 6.07 Å². The lowest BCUT2D eigenvalue weighted by molar-refractivity contribution is 0.0582. The van der Waals surface area contributed by atoms with Crippen LogP contribution < -0.4 is 4.74 Å². The Bertz CT molecular complexity index is 812. The van der Waals surface area contributed by atoms with E-state index in [1.807, 2.05) is 17.2 Å². The number of nitrogens with zero attached hydrogens (tertiary/aromatic N) is 3. The zero-order valence-electron chi connectivity index (χ0n) is 15.5. The summed E-state index contributed by atoms with van der Waals surface area (Å²) in [5.74, 6) is 0.897. The van der Waals surface area contributed by atoms with E-state index < -0.39 is 0 Å². The van der Waals surface area contributed by atoms with Gasteiger partial charge in [-0.2, -0.15) is 0 Å². The molecule has 0 aliphatic carbocycles. The highest BCUT2D eigenvalue weighted by Crippen LogP contribution is 2.32. The molecule has 3 fully saturated rings. The number of rotatable bonds is 4. The molecule has 3 aliphatic rings. The van der Waals surface area contributed by atoms with E-state index in [4.69, 9.17) is 4.74 Å². The van der Waals surface area contributed by atoms with E-state index in [1.54, 1.807) is 25.4 Å². The summed E-state index contributed by atoms with van der Waals surface area (Å²) in [6.45, 7) is 3.45. The van der Waals surface area contributed by atoms with E-state index in [0.29, 0.717) is 17.2 Å². The number of methoxy groups -OCH3 is 1. The highest BCUT2D eigenvalue weighted by atomic mass is 16.5. The van der Waals surface area contributed by atoms with Gasteiger partial charge >= 0.3 is 0 Å². The molecule has 1 aromatic heterocycles. The smallest absolute Gasteiger partial charge is 0.257 e. The number of aromatic hydroxyl groups is 1.